The van der Waals surface area contributed by atoms with E-state index < -0.39 is 0 Å². The highest BCUT2D eigenvalue weighted by atomic mass is 35.5. The van der Waals surface area contributed by atoms with Crippen molar-refractivity contribution in [3.05, 3.63) is 23.6 Å². The van der Waals surface area contributed by atoms with Crippen molar-refractivity contribution in [3.63, 3.8) is 0 Å². The van der Waals surface area contributed by atoms with Crippen molar-refractivity contribution in [2.45, 2.75) is 31.8 Å². The van der Waals surface area contributed by atoms with Crippen LogP contribution in [0.5, 0.6) is 0 Å². The van der Waals surface area contributed by atoms with Gasteiger partial charge < -0.3 is 21.3 Å². The van der Waals surface area contributed by atoms with E-state index in [1.54, 1.807) is 26.5 Å². The molecule has 10 nitrogen and oxygen atoms in total. The van der Waals surface area contributed by atoms with Crippen molar-refractivity contribution < 1.29 is 9.59 Å². The van der Waals surface area contributed by atoms with Crippen LogP contribution in [0, 0.1) is 17.8 Å². The van der Waals surface area contributed by atoms with Gasteiger partial charge in [0, 0.05) is 26.3 Å². The molecule has 2 aromatic rings. The molecule has 4 rings (SSSR count). The number of carbonyl (C=O) groups is 2. The maximum Gasteiger partial charge on any atom is 0.243 e. The molecule has 160 valence electrons. The van der Waals surface area contributed by atoms with Crippen LogP contribution in [0.4, 0.5) is 17.5 Å². The largest absolute Gasteiger partial charge is 0.369 e. The second kappa shape index (κ2) is 8.10. The number of amides is 2. The van der Waals surface area contributed by atoms with Crippen LogP contribution >= 0.6 is 11.6 Å². The predicted molar refractivity (Wildman–Crippen MR) is 112 cm³/mol. The maximum atomic E-state index is 12.0. The molecular formula is C19H25ClN8O2. The Labute approximate surface area is 179 Å². The standard InChI is InChI=1S/C19H25ClN8O2/c1-27(2)14(29)9-28-8-12(6-23-28)24-19-22-7-13(20)18(26-19)25-16-11-4-3-10(5-11)15(16)17(21)30/h6-8,10-11,15-16H,3-5,9H2,1-2H3,(H2,21,30)(H2,22,24,25,26)/t10-,11+,15+,16-/m0/s1. The van der Waals surface area contributed by atoms with E-state index in [0.717, 1.165) is 19.3 Å². The van der Waals surface area contributed by atoms with Gasteiger partial charge in [0.2, 0.25) is 17.8 Å². The Hall–Kier alpha value is -2.88. The third-order valence-corrected chi connectivity index (χ3v) is 6.25. The average molecular weight is 433 g/mol. The first-order valence-electron chi connectivity index (χ1n) is 9.90. The van der Waals surface area contributed by atoms with E-state index in [2.05, 4.69) is 25.7 Å². The lowest BCUT2D eigenvalue weighted by molar-refractivity contribution is -0.129. The zero-order chi connectivity index (χ0) is 21.4. The molecule has 2 aliphatic carbocycles. The van der Waals surface area contributed by atoms with Gasteiger partial charge in [0.25, 0.3) is 0 Å². The summed E-state index contributed by atoms with van der Waals surface area (Å²) in [6, 6.07) is -0.0682. The SMILES string of the molecule is CN(C)C(=O)Cn1cc(Nc2ncc(Cl)c(N[C@H]3[C@@H]4CC[C@@H](C4)[C@H]3C(N)=O)n2)cn1. The number of fused-ring (bicyclic) bond motifs is 2. The van der Waals surface area contributed by atoms with Gasteiger partial charge in [-0.1, -0.05) is 11.6 Å². The van der Waals surface area contributed by atoms with Gasteiger partial charge in [-0.3, -0.25) is 14.3 Å². The number of nitrogens with one attached hydrogen (secondary N) is 2. The Balaban J connectivity index is 1.47. The minimum atomic E-state index is -0.275. The van der Waals surface area contributed by atoms with Crippen molar-refractivity contribution >= 4 is 40.9 Å². The van der Waals surface area contributed by atoms with E-state index in [1.807, 2.05) is 0 Å². The Kier molecular flexibility index (Phi) is 5.50. The van der Waals surface area contributed by atoms with Crippen LogP contribution < -0.4 is 16.4 Å². The second-order valence-electron chi connectivity index (χ2n) is 8.16. The fourth-order valence-electron chi connectivity index (χ4n) is 4.52. The lowest BCUT2D eigenvalue weighted by atomic mass is 9.84. The van der Waals surface area contributed by atoms with Crippen molar-refractivity contribution in [2.75, 3.05) is 24.7 Å². The molecule has 30 heavy (non-hydrogen) atoms. The Morgan fingerprint density at radius 3 is 2.80 bits per heavy atom. The molecule has 0 radical (unpaired) electrons. The van der Waals surface area contributed by atoms with Crippen LogP contribution in [0.2, 0.25) is 5.02 Å². The fraction of sp³-hybridized carbons (Fsp3) is 0.526. The van der Waals surface area contributed by atoms with E-state index in [0.29, 0.717) is 34.3 Å². The molecule has 2 fully saturated rings. The number of hydrogen-bond acceptors (Lipinski definition) is 7. The summed E-state index contributed by atoms with van der Waals surface area (Å²) in [5, 5.41) is 11.0. The van der Waals surface area contributed by atoms with Crippen LogP contribution in [0.1, 0.15) is 19.3 Å². The number of halogens is 1. The molecule has 2 amide bonds. The number of rotatable bonds is 7. The number of primary amides is 1. The maximum absolute atomic E-state index is 12.0. The molecule has 0 aliphatic heterocycles. The molecule has 11 heteroatoms. The summed E-state index contributed by atoms with van der Waals surface area (Å²) in [7, 11) is 3.39. The molecule has 2 aliphatic rings. The predicted octanol–water partition coefficient (Wildman–Crippen LogP) is 1.47. The van der Waals surface area contributed by atoms with Crippen LogP contribution in [-0.4, -0.2) is 56.6 Å². The Bertz CT molecular complexity index is 962. The van der Waals surface area contributed by atoms with Gasteiger partial charge in [-0.25, -0.2) is 4.98 Å². The Morgan fingerprint density at radius 2 is 2.07 bits per heavy atom. The summed E-state index contributed by atoms with van der Waals surface area (Å²) in [5.41, 5.74) is 6.30. The first-order chi connectivity index (χ1) is 14.3. The molecule has 0 saturated heterocycles. The number of aromatic nitrogens is 4. The van der Waals surface area contributed by atoms with Gasteiger partial charge in [-0.2, -0.15) is 10.1 Å². The van der Waals surface area contributed by atoms with Gasteiger partial charge in [0.05, 0.1) is 24.0 Å². The number of likely N-dealkylation sites (N-methyl/N-ethyl adjacent to an activating group) is 1. The fourth-order valence-corrected chi connectivity index (χ4v) is 4.66. The topological polar surface area (TPSA) is 131 Å². The molecule has 2 aromatic heterocycles. The number of nitrogens with zero attached hydrogens (tertiary/aromatic N) is 5. The first-order valence-corrected chi connectivity index (χ1v) is 10.3. The smallest absolute Gasteiger partial charge is 0.243 e. The monoisotopic (exact) mass is 432 g/mol. The second-order valence-corrected chi connectivity index (χ2v) is 8.57. The highest BCUT2D eigenvalue weighted by Crippen LogP contribution is 2.49. The number of nitrogens with two attached hydrogens (primary N) is 1. The molecule has 0 unspecified atom stereocenters. The summed E-state index contributed by atoms with van der Waals surface area (Å²) in [6.07, 6.45) is 7.92. The highest BCUT2D eigenvalue weighted by molar-refractivity contribution is 6.32. The van der Waals surface area contributed by atoms with Crippen LogP contribution in [0.3, 0.4) is 0 Å². The van der Waals surface area contributed by atoms with Crippen molar-refractivity contribution in [2.24, 2.45) is 23.5 Å². The molecule has 4 atom stereocenters. The summed E-state index contributed by atoms with van der Waals surface area (Å²) in [5.74, 6) is 0.976. The van der Waals surface area contributed by atoms with E-state index in [4.69, 9.17) is 17.3 Å². The van der Waals surface area contributed by atoms with Gasteiger partial charge in [0.15, 0.2) is 5.82 Å². The molecule has 2 saturated carbocycles. The normalized spacial score (nSPS) is 24.6. The molecule has 0 aromatic carbocycles. The molecule has 0 spiro atoms. The number of hydrogen-bond donors (Lipinski definition) is 3. The summed E-state index contributed by atoms with van der Waals surface area (Å²) < 4.78 is 1.53. The van der Waals surface area contributed by atoms with Gasteiger partial charge in [0.1, 0.15) is 11.6 Å². The molecular weight excluding hydrogens is 408 g/mol. The van der Waals surface area contributed by atoms with Crippen molar-refractivity contribution in [1.29, 1.82) is 0 Å². The van der Waals surface area contributed by atoms with E-state index >= 15 is 0 Å². The van der Waals surface area contributed by atoms with E-state index in [-0.39, 0.29) is 30.3 Å². The lowest BCUT2D eigenvalue weighted by Gasteiger charge is -2.30. The summed E-state index contributed by atoms with van der Waals surface area (Å²) in [6.45, 7) is 0.141. The first kappa shape index (κ1) is 20.4. The molecule has 2 bridgehead atoms. The van der Waals surface area contributed by atoms with Crippen molar-refractivity contribution in [1.82, 2.24) is 24.6 Å². The van der Waals surface area contributed by atoms with Crippen LogP contribution in [-0.2, 0) is 16.1 Å². The van der Waals surface area contributed by atoms with E-state index in [1.165, 1.54) is 15.8 Å². The lowest BCUT2D eigenvalue weighted by Crippen LogP contribution is -2.42. The van der Waals surface area contributed by atoms with E-state index in [9.17, 15) is 9.59 Å². The molecule has 2 heterocycles. The van der Waals surface area contributed by atoms with Crippen molar-refractivity contribution in [3.8, 4) is 0 Å². The quantitative estimate of drug-likeness (QED) is 0.603. The minimum Gasteiger partial charge on any atom is -0.369 e. The Morgan fingerprint density at radius 1 is 1.30 bits per heavy atom. The third kappa shape index (κ3) is 4.04. The zero-order valence-electron chi connectivity index (χ0n) is 16.9. The van der Waals surface area contributed by atoms with Gasteiger partial charge in [-0.05, 0) is 31.1 Å². The minimum absolute atomic E-state index is 0.0613. The number of anilines is 3. The van der Waals surface area contributed by atoms with Crippen LogP contribution in [0.25, 0.3) is 0 Å². The third-order valence-electron chi connectivity index (χ3n) is 5.98. The zero-order valence-corrected chi connectivity index (χ0v) is 17.6. The van der Waals surface area contributed by atoms with Gasteiger partial charge >= 0.3 is 0 Å². The highest BCUT2D eigenvalue weighted by Gasteiger charge is 2.50. The van der Waals surface area contributed by atoms with Crippen LogP contribution in [0.15, 0.2) is 18.6 Å². The summed E-state index contributed by atoms with van der Waals surface area (Å²) >= 11 is 6.31. The number of carbonyl (C=O) groups excluding carboxylic acids is 2. The molecule has 4 N–H and O–H groups in total. The van der Waals surface area contributed by atoms with Gasteiger partial charge in [-0.15, -0.1) is 0 Å². The average Bonchev–Trinajstić information content (AvgIpc) is 3.40. The summed E-state index contributed by atoms with van der Waals surface area (Å²) in [4.78, 5) is 34.0.